The first-order valence-corrected chi connectivity index (χ1v) is 20.9. The van der Waals surface area contributed by atoms with Crippen LogP contribution in [0.5, 0.6) is 0 Å². The molecule has 308 valence electrons. The number of Topliss-reactive ketones (excluding diaryl/α,β-unsaturated/α-hetero) is 1. The number of imide groups is 1. The third kappa shape index (κ3) is 7.37. The summed E-state index contributed by atoms with van der Waals surface area (Å²) in [5.41, 5.74) is 3.29. The molecule has 4 aromatic rings. The summed E-state index contributed by atoms with van der Waals surface area (Å²) in [5, 5.41) is 6.22. The number of amides is 3. The Morgan fingerprint density at radius 2 is 1.66 bits per heavy atom. The van der Waals surface area contributed by atoms with Crippen molar-refractivity contribution in [1.82, 2.24) is 39.5 Å². The number of nitrogens with zero attached hydrogens (tertiary/aromatic N) is 8. The predicted molar refractivity (Wildman–Crippen MR) is 218 cm³/mol. The number of anilines is 3. The summed E-state index contributed by atoms with van der Waals surface area (Å²) in [6.45, 7) is 8.93. The van der Waals surface area contributed by atoms with Gasteiger partial charge in [0.05, 0.1) is 24.0 Å². The van der Waals surface area contributed by atoms with Gasteiger partial charge in [-0.3, -0.25) is 43.7 Å². The van der Waals surface area contributed by atoms with Gasteiger partial charge < -0.3 is 15.1 Å². The van der Waals surface area contributed by atoms with Crippen molar-refractivity contribution in [3.63, 3.8) is 0 Å². The number of piperidine rings is 2. The summed E-state index contributed by atoms with van der Waals surface area (Å²) in [6.07, 6.45) is 9.82. The molecular formula is C43H49FN10O5. The van der Waals surface area contributed by atoms with Gasteiger partial charge in [-0.25, -0.2) is 14.4 Å². The molecule has 0 radical (unpaired) electrons. The zero-order valence-electron chi connectivity index (χ0n) is 33.5. The van der Waals surface area contributed by atoms with E-state index in [1.165, 1.54) is 11.8 Å². The number of rotatable bonds is 9. The summed E-state index contributed by atoms with van der Waals surface area (Å²) >= 11 is 0. The Kier molecular flexibility index (Phi) is 10.5. The molecule has 1 aromatic carbocycles. The number of aryl methyl sites for hydroxylation is 1. The van der Waals surface area contributed by atoms with E-state index in [0.29, 0.717) is 57.6 Å². The summed E-state index contributed by atoms with van der Waals surface area (Å²) in [7, 11) is 0. The maximum atomic E-state index is 15.8. The molecular weight excluding hydrogens is 756 g/mol. The number of halogens is 1. The molecule has 0 bridgehead atoms. The number of hydrogen-bond acceptors (Lipinski definition) is 12. The normalized spacial score (nSPS) is 21.1. The molecule has 9 rings (SSSR count). The monoisotopic (exact) mass is 804 g/mol. The number of aromatic nitrogens is 4. The lowest BCUT2D eigenvalue weighted by Crippen LogP contribution is -2.53. The molecule has 16 heteroatoms. The van der Waals surface area contributed by atoms with E-state index in [0.717, 1.165) is 83.5 Å². The van der Waals surface area contributed by atoms with Crippen LogP contribution in [0.4, 0.5) is 21.8 Å². The van der Waals surface area contributed by atoms with Crippen LogP contribution in [-0.2, 0) is 22.7 Å². The molecule has 1 atom stereocenters. The van der Waals surface area contributed by atoms with Gasteiger partial charge in [0.1, 0.15) is 23.3 Å². The van der Waals surface area contributed by atoms with E-state index in [1.54, 1.807) is 29.8 Å². The fourth-order valence-corrected chi connectivity index (χ4v) is 9.86. The van der Waals surface area contributed by atoms with E-state index < -0.39 is 11.9 Å². The van der Waals surface area contributed by atoms with Gasteiger partial charge in [-0.05, 0) is 69.7 Å². The van der Waals surface area contributed by atoms with E-state index in [1.807, 2.05) is 18.3 Å². The lowest BCUT2D eigenvalue weighted by atomic mass is 10.0. The van der Waals surface area contributed by atoms with Crippen molar-refractivity contribution < 1.29 is 23.6 Å². The van der Waals surface area contributed by atoms with Crippen LogP contribution >= 0.6 is 0 Å². The first kappa shape index (κ1) is 38.9. The Balaban J connectivity index is 0.778. The van der Waals surface area contributed by atoms with Gasteiger partial charge in [0, 0.05) is 92.6 Å². The average Bonchev–Trinajstić information content (AvgIpc) is 3.88. The molecule has 3 aromatic heterocycles. The largest absolute Gasteiger partial charge is 0.370 e. The zero-order valence-corrected chi connectivity index (χ0v) is 33.5. The number of benzene rings is 1. The van der Waals surface area contributed by atoms with Crippen molar-refractivity contribution in [3.05, 3.63) is 80.6 Å². The maximum Gasteiger partial charge on any atom is 0.263 e. The Bertz CT molecular complexity index is 2400. The van der Waals surface area contributed by atoms with Gasteiger partial charge in [0.2, 0.25) is 17.8 Å². The van der Waals surface area contributed by atoms with Gasteiger partial charge in [0.15, 0.2) is 5.78 Å². The molecule has 4 fully saturated rings. The maximum absolute atomic E-state index is 15.8. The molecule has 15 nitrogen and oxygen atoms in total. The number of fused-ring (bicyclic) bond motifs is 2. The quantitative estimate of drug-likeness (QED) is 0.183. The lowest BCUT2D eigenvalue weighted by molar-refractivity contribution is -0.136. The van der Waals surface area contributed by atoms with Gasteiger partial charge >= 0.3 is 0 Å². The molecule has 4 aliphatic heterocycles. The minimum atomic E-state index is -0.770. The third-order valence-electron chi connectivity index (χ3n) is 13.1. The van der Waals surface area contributed by atoms with Gasteiger partial charge in [-0.1, -0.05) is 18.9 Å². The van der Waals surface area contributed by atoms with Crippen LogP contribution in [0, 0.1) is 12.7 Å². The fourth-order valence-electron chi connectivity index (χ4n) is 9.86. The van der Waals surface area contributed by atoms with Crippen LogP contribution in [0.1, 0.15) is 102 Å². The van der Waals surface area contributed by atoms with E-state index in [4.69, 9.17) is 4.98 Å². The highest BCUT2D eigenvalue weighted by molar-refractivity contribution is 6.05. The molecule has 2 N–H and O–H groups in total. The van der Waals surface area contributed by atoms with E-state index in [9.17, 15) is 24.0 Å². The standard InChI is InChI=1S/C43H49FN10O5/c1-25-32-22-46-43(49-39(32)54(29-5-3-4-6-29)42(59)37(25)26(2)55)47-35-11-8-30(21-45-35)51-15-13-28(14-16-51)52-19-17-50(18-20-52)23-27-7-9-31-33(38(27)44)24-53(41(31)58)34-10-12-36(56)48-40(34)57/h7-9,11,21-22,28-29,34H,3-6,10,12-20,23-24H2,1-2H3,(H,48,56,57)(H,45,46,47,49). The molecule has 7 heterocycles. The van der Waals surface area contributed by atoms with Gasteiger partial charge in [-0.15, -0.1) is 0 Å². The summed E-state index contributed by atoms with van der Waals surface area (Å²) < 4.78 is 17.5. The summed E-state index contributed by atoms with van der Waals surface area (Å²) in [4.78, 5) is 85.8. The lowest BCUT2D eigenvalue weighted by Gasteiger charge is -2.43. The van der Waals surface area contributed by atoms with Crippen molar-refractivity contribution in [2.24, 2.45) is 0 Å². The molecule has 1 saturated carbocycles. The summed E-state index contributed by atoms with van der Waals surface area (Å²) in [6, 6.07) is 7.03. The second-order valence-corrected chi connectivity index (χ2v) is 16.6. The number of ketones is 1. The fraction of sp³-hybridized carbons (Fsp3) is 0.488. The molecule has 1 unspecified atom stereocenters. The smallest absolute Gasteiger partial charge is 0.263 e. The van der Waals surface area contributed by atoms with Gasteiger partial charge in [0.25, 0.3) is 11.5 Å². The number of hydrogen-bond donors (Lipinski definition) is 2. The third-order valence-corrected chi connectivity index (χ3v) is 13.1. The van der Waals surface area contributed by atoms with Crippen LogP contribution < -0.4 is 21.1 Å². The molecule has 3 amide bonds. The van der Waals surface area contributed by atoms with Crippen molar-refractivity contribution in [3.8, 4) is 0 Å². The number of piperazine rings is 1. The minimum absolute atomic E-state index is 0.00342. The highest BCUT2D eigenvalue weighted by Gasteiger charge is 2.41. The number of pyridine rings is 2. The Morgan fingerprint density at radius 1 is 0.898 bits per heavy atom. The van der Waals surface area contributed by atoms with Crippen molar-refractivity contribution in [1.29, 1.82) is 0 Å². The topological polar surface area (TPSA) is 166 Å². The van der Waals surface area contributed by atoms with Crippen molar-refractivity contribution in [2.45, 2.75) is 96.4 Å². The Morgan fingerprint density at radius 3 is 2.36 bits per heavy atom. The van der Waals surface area contributed by atoms with Crippen LogP contribution in [-0.4, -0.2) is 109 Å². The first-order chi connectivity index (χ1) is 28.5. The first-order valence-electron chi connectivity index (χ1n) is 20.9. The predicted octanol–water partition coefficient (Wildman–Crippen LogP) is 4.24. The number of carbonyl (C=O) groups is 4. The average molecular weight is 805 g/mol. The molecule has 5 aliphatic rings. The number of nitrogens with one attached hydrogen (secondary N) is 2. The highest BCUT2D eigenvalue weighted by atomic mass is 19.1. The second-order valence-electron chi connectivity index (χ2n) is 16.6. The van der Waals surface area contributed by atoms with Crippen LogP contribution in [0.2, 0.25) is 0 Å². The molecule has 0 spiro atoms. The Hall–Kier alpha value is -5.61. The van der Waals surface area contributed by atoms with Crippen molar-refractivity contribution >= 4 is 52.0 Å². The SMILES string of the molecule is CC(=O)c1c(C)c2cnc(Nc3ccc(N4CCC(N5CCN(Cc6ccc7c(c6F)CN(C6CCC(=O)NC6=O)C7=O)CC5)CC4)cn3)nc2n(C2CCCC2)c1=O. The van der Waals surface area contributed by atoms with Gasteiger partial charge in [-0.2, -0.15) is 4.98 Å². The van der Waals surface area contributed by atoms with Crippen LogP contribution in [0.25, 0.3) is 11.0 Å². The minimum Gasteiger partial charge on any atom is -0.370 e. The van der Waals surface area contributed by atoms with E-state index in [-0.39, 0.29) is 60.0 Å². The molecule has 59 heavy (non-hydrogen) atoms. The van der Waals surface area contributed by atoms with E-state index >= 15 is 4.39 Å². The molecule has 3 saturated heterocycles. The van der Waals surface area contributed by atoms with Crippen LogP contribution in [0.15, 0.2) is 41.5 Å². The van der Waals surface area contributed by atoms with Crippen molar-refractivity contribution in [2.75, 3.05) is 49.5 Å². The van der Waals surface area contributed by atoms with E-state index in [2.05, 4.69) is 35.3 Å². The molecule has 1 aliphatic carbocycles. The Labute approximate surface area is 341 Å². The second kappa shape index (κ2) is 15.9. The zero-order chi connectivity index (χ0) is 40.9. The van der Waals surface area contributed by atoms with Crippen LogP contribution in [0.3, 0.4) is 0 Å². The highest BCUT2D eigenvalue weighted by Crippen LogP contribution is 2.34. The number of carbonyl (C=O) groups excluding carboxylic acids is 4. The summed E-state index contributed by atoms with van der Waals surface area (Å²) in [5.74, 6) is -0.920.